The Balaban J connectivity index is 2.04. The lowest BCUT2D eigenvalue weighted by Crippen LogP contribution is -2.47. The fourth-order valence-electron chi connectivity index (χ4n) is 2.90. The summed E-state index contributed by atoms with van der Waals surface area (Å²) in [7, 11) is -2.33. The van der Waals surface area contributed by atoms with Crippen LogP contribution >= 0.6 is 0 Å². The van der Waals surface area contributed by atoms with E-state index in [2.05, 4.69) is 0 Å². The number of fused-ring (bicyclic) bond motifs is 1. The van der Waals surface area contributed by atoms with E-state index in [1.807, 2.05) is 20.8 Å². The summed E-state index contributed by atoms with van der Waals surface area (Å²) in [6.45, 7) is 8.23. The van der Waals surface area contributed by atoms with Gasteiger partial charge in [-0.15, -0.1) is 0 Å². The first kappa shape index (κ1) is 11.6. The first-order valence-electron chi connectivity index (χ1n) is 6.20. The Labute approximate surface area is 93.5 Å². The highest BCUT2D eigenvalue weighted by atomic mass is 28.4. The van der Waals surface area contributed by atoms with Gasteiger partial charge in [0.25, 0.3) is 0 Å². The largest absolute Gasteiger partial charge is 0.504 e. The van der Waals surface area contributed by atoms with Crippen molar-refractivity contribution in [3.05, 3.63) is 0 Å². The maximum Gasteiger partial charge on any atom is 0.504 e. The van der Waals surface area contributed by atoms with E-state index >= 15 is 0 Å². The molecule has 2 aliphatic rings. The van der Waals surface area contributed by atoms with E-state index in [-0.39, 0.29) is 0 Å². The summed E-state index contributed by atoms with van der Waals surface area (Å²) in [5, 5.41) is 0. The molecule has 0 aromatic heterocycles. The van der Waals surface area contributed by atoms with E-state index in [9.17, 15) is 0 Å². The smallest absolute Gasteiger partial charge is 0.374 e. The van der Waals surface area contributed by atoms with Crippen LogP contribution in [-0.2, 0) is 13.3 Å². The lowest BCUT2D eigenvalue weighted by atomic mass is 10.0. The van der Waals surface area contributed by atoms with Crippen LogP contribution in [0, 0.1) is 11.8 Å². The third kappa shape index (κ3) is 1.88. The molecule has 4 heteroatoms. The van der Waals surface area contributed by atoms with Crippen LogP contribution in [0.1, 0.15) is 33.6 Å². The van der Waals surface area contributed by atoms with Crippen LogP contribution in [0.25, 0.3) is 0 Å². The average molecular weight is 230 g/mol. The van der Waals surface area contributed by atoms with Crippen LogP contribution in [0.15, 0.2) is 0 Å². The molecule has 0 aliphatic heterocycles. The van der Waals surface area contributed by atoms with Gasteiger partial charge in [0.1, 0.15) is 0 Å². The molecule has 0 aromatic carbocycles. The normalized spacial score (nSPS) is 33.4. The molecule has 15 heavy (non-hydrogen) atoms. The highest BCUT2D eigenvalue weighted by Gasteiger charge is 2.71. The second-order valence-corrected chi connectivity index (χ2v) is 7.07. The van der Waals surface area contributed by atoms with Crippen molar-refractivity contribution in [2.24, 2.45) is 11.8 Å². The maximum atomic E-state index is 5.91. The molecule has 0 saturated heterocycles. The molecule has 0 N–H and O–H groups in total. The lowest BCUT2D eigenvalue weighted by molar-refractivity contribution is 0.0681. The highest BCUT2D eigenvalue weighted by molar-refractivity contribution is 6.63. The molecule has 2 saturated carbocycles. The Morgan fingerprint density at radius 3 is 1.53 bits per heavy atom. The van der Waals surface area contributed by atoms with Gasteiger partial charge in [-0.1, -0.05) is 0 Å². The molecule has 2 aliphatic carbocycles. The van der Waals surface area contributed by atoms with Gasteiger partial charge in [0, 0.05) is 25.4 Å². The molecule has 3 nitrogen and oxygen atoms in total. The average Bonchev–Trinajstić information content (AvgIpc) is 2.69. The fourth-order valence-corrected chi connectivity index (χ4v) is 6.70. The zero-order valence-corrected chi connectivity index (χ0v) is 11.0. The molecule has 0 radical (unpaired) electrons. The highest BCUT2D eigenvalue weighted by Crippen LogP contribution is 2.69. The molecule has 2 atom stereocenters. The Morgan fingerprint density at radius 1 is 0.867 bits per heavy atom. The molecular formula is C11H22O3Si. The van der Waals surface area contributed by atoms with Crippen LogP contribution in [0.4, 0.5) is 0 Å². The van der Waals surface area contributed by atoms with Crippen molar-refractivity contribution in [3.63, 3.8) is 0 Å². The van der Waals surface area contributed by atoms with Gasteiger partial charge in [-0.25, -0.2) is 0 Å². The second kappa shape index (κ2) is 4.53. The van der Waals surface area contributed by atoms with Crippen molar-refractivity contribution in [3.8, 4) is 0 Å². The summed E-state index contributed by atoms with van der Waals surface area (Å²) < 4.78 is 17.7. The zero-order chi connectivity index (χ0) is 10.9. The van der Waals surface area contributed by atoms with E-state index < -0.39 is 8.80 Å². The van der Waals surface area contributed by atoms with Crippen molar-refractivity contribution < 1.29 is 13.3 Å². The fraction of sp³-hybridized carbons (Fsp3) is 1.00. The molecule has 0 heterocycles. The van der Waals surface area contributed by atoms with Crippen LogP contribution in [-0.4, -0.2) is 28.6 Å². The van der Waals surface area contributed by atoms with Gasteiger partial charge in [-0.3, -0.25) is 0 Å². The molecule has 0 amide bonds. The van der Waals surface area contributed by atoms with Crippen molar-refractivity contribution in [2.45, 2.75) is 39.2 Å². The van der Waals surface area contributed by atoms with E-state index in [0.717, 1.165) is 11.8 Å². The van der Waals surface area contributed by atoms with Crippen molar-refractivity contribution in [1.82, 2.24) is 0 Å². The molecule has 2 rings (SSSR count). The minimum absolute atomic E-state index is 0.623. The summed E-state index contributed by atoms with van der Waals surface area (Å²) in [5.74, 6) is 1.72. The maximum absolute atomic E-state index is 5.91. The van der Waals surface area contributed by atoms with E-state index in [1.165, 1.54) is 12.8 Å². The van der Waals surface area contributed by atoms with Gasteiger partial charge in [0.2, 0.25) is 0 Å². The molecule has 0 spiro atoms. The molecule has 2 fully saturated rings. The van der Waals surface area contributed by atoms with E-state index in [4.69, 9.17) is 13.3 Å². The Bertz CT molecular complexity index is 195. The standard InChI is InChI=1S/C11H22O3Si/c1-4-12-15(13-5-2,14-6-3)11-9-7-8-10(9)11/h9-11H,4-8H2,1-3H3. The first-order valence-corrected chi connectivity index (χ1v) is 8.01. The minimum Gasteiger partial charge on any atom is -0.374 e. The van der Waals surface area contributed by atoms with Crippen LogP contribution in [0.2, 0.25) is 5.54 Å². The quantitative estimate of drug-likeness (QED) is 0.629. The van der Waals surface area contributed by atoms with Gasteiger partial charge in [0.15, 0.2) is 0 Å². The summed E-state index contributed by atoms with van der Waals surface area (Å²) in [4.78, 5) is 0. The van der Waals surface area contributed by atoms with Crippen molar-refractivity contribution in [2.75, 3.05) is 19.8 Å². The summed E-state index contributed by atoms with van der Waals surface area (Å²) >= 11 is 0. The van der Waals surface area contributed by atoms with E-state index in [1.54, 1.807) is 0 Å². The predicted molar refractivity (Wildman–Crippen MR) is 60.6 cm³/mol. The van der Waals surface area contributed by atoms with Crippen LogP contribution < -0.4 is 0 Å². The second-order valence-electron chi connectivity index (χ2n) is 4.33. The van der Waals surface area contributed by atoms with E-state index in [0.29, 0.717) is 25.4 Å². The molecule has 2 unspecified atom stereocenters. The summed E-state index contributed by atoms with van der Waals surface area (Å²) in [6, 6.07) is 0. The number of hydrogen-bond donors (Lipinski definition) is 0. The Kier molecular flexibility index (Phi) is 3.50. The van der Waals surface area contributed by atoms with Gasteiger partial charge in [-0.2, -0.15) is 0 Å². The third-order valence-corrected chi connectivity index (χ3v) is 7.36. The molecule has 0 aromatic rings. The van der Waals surface area contributed by atoms with Crippen molar-refractivity contribution >= 4 is 8.80 Å². The zero-order valence-electron chi connectivity index (χ0n) is 9.99. The van der Waals surface area contributed by atoms with Gasteiger partial charge < -0.3 is 13.3 Å². The third-order valence-electron chi connectivity index (χ3n) is 3.61. The summed E-state index contributed by atoms with van der Waals surface area (Å²) in [5.41, 5.74) is 0.623. The number of hydrogen-bond acceptors (Lipinski definition) is 3. The first-order chi connectivity index (χ1) is 7.29. The Hall–Kier alpha value is 0.0969. The van der Waals surface area contributed by atoms with Gasteiger partial charge in [-0.05, 0) is 45.4 Å². The van der Waals surface area contributed by atoms with Gasteiger partial charge in [0.05, 0.1) is 0 Å². The lowest BCUT2D eigenvalue weighted by Gasteiger charge is -2.28. The number of rotatable bonds is 7. The summed E-state index contributed by atoms with van der Waals surface area (Å²) in [6.07, 6.45) is 2.72. The SMILES string of the molecule is CCO[Si](OCC)(OCC)C1C2CCC21. The topological polar surface area (TPSA) is 27.7 Å². The Morgan fingerprint density at radius 2 is 1.27 bits per heavy atom. The van der Waals surface area contributed by atoms with Gasteiger partial charge >= 0.3 is 8.80 Å². The molecule has 88 valence electrons. The minimum atomic E-state index is -2.33. The molecule has 0 bridgehead atoms. The van der Waals surface area contributed by atoms with Crippen LogP contribution in [0.5, 0.6) is 0 Å². The van der Waals surface area contributed by atoms with Crippen molar-refractivity contribution in [1.29, 1.82) is 0 Å². The van der Waals surface area contributed by atoms with Crippen LogP contribution in [0.3, 0.4) is 0 Å². The molecular weight excluding hydrogens is 208 g/mol. The predicted octanol–water partition coefficient (Wildman–Crippen LogP) is 2.44. The monoisotopic (exact) mass is 230 g/mol.